The summed E-state index contributed by atoms with van der Waals surface area (Å²) in [5.74, 6) is -0.357. The molecule has 2 rings (SSSR count). The Morgan fingerprint density at radius 2 is 2.04 bits per heavy atom. The largest absolute Gasteiger partial charge is 0.493 e. The van der Waals surface area contributed by atoms with Crippen molar-refractivity contribution in [2.45, 2.75) is 6.61 Å². The Morgan fingerprint density at radius 1 is 1.29 bits per heavy atom. The van der Waals surface area contributed by atoms with E-state index in [1.165, 1.54) is 19.3 Å². The van der Waals surface area contributed by atoms with Crippen molar-refractivity contribution in [3.63, 3.8) is 0 Å². The molecule has 0 spiro atoms. The normalized spacial score (nSPS) is 10.8. The molecule has 0 unspecified atom stereocenters. The number of carbonyl (C=O) groups is 1. The summed E-state index contributed by atoms with van der Waals surface area (Å²) in [4.78, 5) is 11.1. The van der Waals surface area contributed by atoms with Gasteiger partial charge in [-0.2, -0.15) is 5.26 Å². The quantitative estimate of drug-likeness (QED) is 0.653. The van der Waals surface area contributed by atoms with Crippen molar-refractivity contribution in [3.05, 3.63) is 65.0 Å². The molecular formula is C18H15FN2O3. The Bertz CT molecular complexity index is 825. The van der Waals surface area contributed by atoms with Crippen LogP contribution in [0.5, 0.6) is 11.5 Å². The van der Waals surface area contributed by atoms with E-state index in [2.05, 4.69) is 0 Å². The number of halogens is 1. The van der Waals surface area contributed by atoms with Gasteiger partial charge in [0.1, 0.15) is 24.1 Å². The molecule has 0 aliphatic carbocycles. The summed E-state index contributed by atoms with van der Waals surface area (Å²) < 4.78 is 24.4. The molecule has 0 radical (unpaired) electrons. The van der Waals surface area contributed by atoms with Crippen LogP contribution in [0.15, 0.2) is 48.0 Å². The lowest BCUT2D eigenvalue weighted by molar-refractivity contribution is -0.114. The highest BCUT2D eigenvalue weighted by Crippen LogP contribution is 2.29. The molecule has 2 aromatic rings. The van der Waals surface area contributed by atoms with Crippen molar-refractivity contribution in [1.82, 2.24) is 0 Å². The topological polar surface area (TPSA) is 85.3 Å². The smallest absolute Gasteiger partial charge is 0.259 e. The number of nitrogens with zero attached hydrogens (tertiary/aromatic N) is 1. The van der Waals surface area contributed by atoms with Gasteiger partial charge in [-0.3, -0.25) is 4.79 Å². The number of amides is 1. The maximum Gasteiger partial charge on any atom is 0.259 e. The van der Waals surface area contributed by atoms with Crippen LogP contribution in [-0.4, -0.2) is 13.0 Å². The standard InChI is InChI=1S/C18H15FN2O3/c1-23-17-9-12(8-14(10-20)18(21)22)6-7-16(17)24-11-13-4-2-3-5-15(13)19/h2-9H,11H2,1H3,(H2,21,22)/b14-8+. The van der Waals surface area contributed by atoms with E-state index in [0.29, 0.717) is 22.6 Å². The summed E-state index contributed by atoms with van der Waals surface area (Å²) in [5.41, 5.74) is 5.91. The van der Waals surface area contributed by atoms with Crippen molar-refractivity contribution >= 4 is 12.0 Å². The molecule has 1 amide bonds. The number of ether oxygens (including phenoxy) is 2. The monoisotopic (exact) mass is 326 g/mol. The molecule has 24 heavy (non-hydrogen) atoms. The zero-order valence-electron chi connectivity index (χ0n) is 13.0. The third kappa shape index (κ3) is 4.11. The lowest BCUT2D eigenvalue weighted by Gasteiger charge is -2.12. The molecule has 0 saturated carbocycles. The predicted molar refractivity (Wildman–Crippen MR) is 86.5 cm³/mol. The van der Waals surface area contributed by atoms with E-state index >= 15 is 0 Å². The van der Waals surface area contributed by atoms with Crippen LogP contribution in [0.25, 0.3) is 6.08 Å². The Morgan fingerprint density at radius 3 is 2.67 bits per heavy atom. The maximum absolute atomic E-state index is 13.6. The number of nitriles is 1. The number of nitrogens with two attached hydrogens (primary N) is 1. The molecule has 122 valence electrons. The molecule has 0 aromatic heterocycles. The highest BCUT2D eigenvalue weighted by Gasteiger charge is 2.09. The van der Waals surface area contributed by atoms with Crippen LogP contribution in [0, 0.1) is 17.1 Å². The zero-order valence-corrected chi connectivity index (χ0v) is 13.0. The molecule has 0 saturated heterocycles. The molecule has 0 aliphatic rings. The lowest BCUT2D eigenvalue weighted by Crippen LogP contribution is -2.12. The third-order valence-electron chi connectivity index (χ3n) is 3.23. The number of primary amides is 1. The number of carbonyl (C=O) groups excluding carboxylic acids is 1. The van der Waals surface area contributed by atoms with Crippen LogP contribution < -0.4 is 15.2 Å². The van der Waals surface area contributed by atoms with Gasteiger partial charge in [-0.1, -0.05) is 24.3 Å². The van der Waals surface area contributed by atoms with Crippen molar-refractivity contribution in [2.24, 2.45) is 5.73 Å². The minimum atomic E-state index is -0.809. The second kappa shape index (κ2) is 7.79. The minimum Gasteiger partial charge on any atom is -0.493 e. The molecule has 0 atom stereocenters. The zero-order chi connectivity index (χ0) is 17.5. The summed E-state index contributed by atoms with van der Waals surface area (Å²) in [5, 5.41) is 8.86. The first-order valence-corrected chi connectivity index (χ1v) is 7.01. The van der Waals surface area contributed by atoms with E-state index in [4.69, 9.17) is 20.5 Å². The number of hydrogen-bond donors (Lipinski definition) is 1. The van der Waals surface area contributed by atoms with Gasteiger partial charge in [0.25, 0.3) is 5.91 Å². The van der Waals surface area contributed by atoms with Gasteiger partial charge in [0.15, 0.2) is 11.5 Å². The highest BCUT2D eigenvalue weighted by atomic mass is 19.1. The second-order valence-electron chi connectivity index (χ2n) is 4.82. The summed E-state index contributed by atoms with van der Waals surface area (Å²) in [6.45, 7) is 0.0446. The van der Waals surface area contributed by atoms with Gasteiger partial charge in [0, 0.05) is 5.56 Å². The van der Waals surface area contributed by atoms with Crippen LogP contribution in [0.2, 0.25) is 0 Å². The van der Waals surface area contributed by atoms with Gasteiger partial charge in [0.2, 0.25) is 0 Å². The lowest BCUT2D eigenvalue weighted by atomic mass is 10.1. The van der Waals surface area contributed by atoms with Gasteiger partial charge in [0.05, 0.1) is 7.11 Å². The second-order valence-corrected chi connectivity index (χ2v) is 4.82. The molecule has 6 heteroatoms. The summed E-state index contributed by atoms with van der Waals surface area (Å²) in [6.07, 6.45) is 1.35. The van der Waals surface area contributed by atoms with Crippen molar-refractivity contribution in [2.75, 3.05) is 7.11 Å². The van der Waals surface area contributed by atoms with Crippen molar-refractivity contribution < 1.29 is 18.7 Å². The first-order valence-electron chi connectivity index (χ1n) is 7.01. The Balaban J connectivity index is 2.22. The molecule has 2 N–H and O–H groups in total. The molecule has 0 fully saturated rings. The minimum absolute atomic E-state index is 0.0446. The Hall–Kier alpha value is -3.33. The Labute approximate surface area is 138 Å². The van der Waals surface area contributed by atoms with E-state index in [9.17, 15) is 9.18 Å². The SMILES string of the molecule is COc1cc(/C=C(\C#N)C(N)=O)ccc1OCc1ccccc1F. The van der Waals surface area contributed by atoms with Crippen LogP contribution in [-0.2, 0) is 11.4 Å². The summed E-state index contributed by atoms with van der Waals surface area (Å²) in [7, 11) is 1.46. The van der Waals surface area contributed by atoms with Gasteiger partial charge in [-0.25, -0.2) is 4.39 Å². The van der Waals surface area contributed by atoms with Gasteiger partial charge in [-0.15, -0.1) is 0 Å². The van der Waals surface area contributed by atoms with Crippen molar-refractivity contribution in [1.29, 1.82) is 5.26 Å². The molecular weight excluding hydrogens is 311 g/mol. The molecule has 5 nitrogen and oxygen atoms in total. The molecule has 0 heterocycles. The fourth-order valence-corrected chi connectivity index (χ4v) is 1.99. The third-order valence-corrected chi connectivity index (χ3v) is 3.23. The molecule has 2 aromatic carbocycles. The fraction of sp³-hybridized carbons (Fsp3) is 0.111. The predicted octanol–water partition coefficient (Wildman–Crippen LogP) is 2.81. The van der Waals surface area contributed by atoms with Crippen LogP contribution in [0.4, 0.5) is 4.39 Å². The maximum atomic E-state index is 13.6. The average Bonchev–Trinajstić information content (AvgIpc) is 2.59. The van der Waals surface area contributed by atoms with Crippen molar-refractivity contribution in [3.8, 4) is 17.6 Å². The van der Waals surface area contributed by atoms with E-state index in [-0.39, 0.29) is 18.0 Å². The van der Waals surface area contributed by atoms with E-state index in [1.54, 1.807) is 42.5 Å². The summed E-state index contributed by atoms with van der Waals surface area (Å²) >= 11 is 0. The number of methoxy groups -OCH3 is 1. The van der Waals surface area contributed by atoms with Gasteiger partial charge >= 0.3 is 0 Å². The van der Waals surface area contributed by atoms with E-state index < -0.39 is 5.91 Å². The van der Waals surface area contributed by atoms with E-state index in [0.717, 1.165) is 0 Å². The first kappa shape index (κ1) is 17.0. The van der Waals surface area contributed by atoms with E-state index in [1.807, 2.05) is 0 Å². The van der Waals surface area contributed by atoms with Crippen LogP contribution in [0.1, 0.15) is 11.1 Å². The van der Waals surface area contributed by atoms with Crippen LogP contribution in [0.3, 0.4) is 0 Å². The highest BCUT2D eigenvalue weighted by molar-refractivity contribution is 6.00. The summed E-state index contributed by atoms with van der Waals surface area (Å²) in [6, 6.07) is 12.9. The fourth-order valence-electron chi connectivity index (χ4n) is 1.99. The number of benzene rings is 2. The Kier molecular flexibility index (Phi) is 5.53. The molecule has 0 aliphatic heterocycles. The van der Waals surface area contributed by atoms with Crippen LogP contribution >= 0.6 is 0 Å². The number of hydrogen-bond acceptors (Lipinski definition) is 4. The first-order chi connectivity index (χ1) is 11.5. The van der Waals surface area contributed by atoms with Gasteiger partial charge in [-0.05, 0) is 29.8 Å². The molecule has 0 bridgehead atoms. The number of rotatable bonds is 6. The van der Waals surface area contributed by atoms with Gasteiger partial charge < -0.3 is 15.2 Å². The average molecular weight is 326 g/mol.